The fraction of sp³-hybridized carbons (Fsp3) is 0.583. The molecule has 0 saturated carbocycles. The van der Waals surface area contributed by atoms with Crippen molar-refractivity contribution in [2.75, 3.05) is 19.6 Å². The molecule has 6 heteroatoms. The fourth-order valence-electron chi connectivity index (χ4n) is 1.66. The molecule has 0 spiro atoms. The van der Waals surface area contributed by atoms with E-state index < -0.39 is 0 Å². The Kier molecular flexibility index (Phi) is 6.01. The van der Waals surface area contributed by atoms with Gasteiger partial charge in [-0.25, -0.2) is 4.98 Å². The van der Waals surface area contributed by atoms with Gasteiger partial charge in [0.1, 0.15) is 10.8 Å². The number of carbonyl (C=O) groups is 1. The maximum absolute atomic E-state index is 11.9. The molecule has 100 valence electrons. The van der Waals surface area contributed by atoms with E-state index in [0.29, 0.717) is 0 Å². The number of aromatic nitrogens is 2. The Morgan fingerprint density at radius 1 is 1.44 bits per heavy atom. The average Bonchev–Trinajstić information content (AvgIpc) is 2.35. The molecule has 1 atom stereocenters. The molecular formula is C12H19ClN4O. The molecule has 1 aromatic rings. The smallest absolute Gasteiger partial charge is 0.271 e. The number of rotatable bonds is 6. The van der Waals surface area contributed by atoms with Gasteiger partial charge in [0.15, 0.2) is 0 Å². The molecule has 0 aliphatic heterocycles. The Morgan fingerprint density at radius 3 is 2.67 bits per heavy atom. The van der Waals surface area contributed by atoms with Crippen LogP contribution in [0.15, 0.2) is 12.4 Å². The van der Waals surface area contributed by atoms with Crippen molar-refractivity contribution in [1.82, 2.24) is 20.2 Å². The molecule has 0 aliphatic carbocycles. The zero-order chi connectivity index (χ0) is 13.5. The van der Waals surface area contributed by atoms with Crippen LogP contribution in [0.1, 0.15) is 31.3 Å². The van der Waals surface area contributed by atoms with Crippen molar-refractivity contribution >= 4 is 17.5 Å². The molecule has 1 amide bonds. The Morgan fingerprint density at radius 2 is 2.11 bits per heavy atom. The van der Waals surface area contributed by atoms with E-state index in [1.165, 1.54) is 12.4 Å². The summed E-state index contributed by atoms with van der Waals surface area (Å²) in [6, 6.07) is 0.0539. The van der Waals surface area contributed by atoms with Crippen LogP contribution < -0.4 is 5.32 Å². The van der Waals surface area contributed by atoms with Crippen molar-refractivity contribution in [3.8, 4) is 0 Å². The third-order valence-corrected chi connectivity index (χ3v) is 2.82. The first-order chi connectivity index (χ1) is 8.56. The van der Waals surface area contributed by atoms with Gasteiger partial charge in [0, 0.05) is 12.6 Å². The minimum atomic E-state index is -0.246. The number of carbonyl (C=O) groups excluding carboxylic acids is 1. The van der Waals surface area contributed by atoms with Gasteiger partial charge in [-0.05, 0) is 20.0 Å². The Balaban J connectivity index is 2.54. The normalized spacial score (nSPS) is 12.5. The van der Waals surface area contributed by atoms with Crippen LogP contribution in [-0.4, -0.2) is 46.5 Å². The fourth-order valence-corrected chi connectivity index (χ4v) is 1.81. The van der Waals surface area contributed by atoms with Gasteiger partial charge >= 0.3 is 0 Å². The second kappa shape index (κ2) is 7.28. The summed E-state index contributed by atoms with van der Waals surface area (Å²) < 4.78 is 0. The number of nitrogens with one attached hydrogen (secondary N) is 1. The quantitative estimate of drug-likeness (QED) is 0.853. The van der Waals surface area contributed by atoms with Crippen molar-refractivity contribution < 1.29 is 4.79 Å². The Hall–Kier alpha value is -1.20. The SMILES string of the molecule is CCN(CC)CC(C)NC(=O)c1cncc(Cl)n1. The van der Waals surface area contributed by atoms with Gasteiger partial charge in [-0.2, -0.15) is 0 Å². The predicted octanol–water partition coefficient (Wildman–Crippen LogP) is 1.59. The van der Waals surface area contributed by atoms with Gasteiger partial charge in [0.25, 0.3) is 5.91 Å². The summed E-state index contributed by atoms with van der Waals surface area (Å²) >= 11 is 5.69. The molecule has 1 aromatic heterocycles. The number of halogens is 1. The zero-order valence-electron chi connectivity index (χ0n) is 11.0. The summed E-state index contributed by atoms with van der Waals surface area (Å²) in [6.07, 6.45) is 2.81. The van der Waals surface area contributed by atoms with Crippen LogP contribution in [0.3, 0.4) is 0 Å². The van der Waals surface area contributed by atoms with Gasteiger partial charge in [-0.15, -0.1) is 0 Å². The topological polar surface area (TPSA) is 58.1 Å². The maximum Gasteiger partial charge on any atom is 0.271 e. The zero-order valence-corrected chi connectivity index (χ0v) is 11.7. The molecule has 0 bridgehead atoms. The summed E-state index contributed by atoms with van der Waals surface area (Å²) in [4.78, 5) is 21.9. The van der Waals surface area contributed by atoms with Gasteiger partial charge in [0.05, 0.1) is 12.4 Å². The van der Waals surface area contributed by atoms with Crippen LogP contribution in [0, 0.1) is 0 Å². The molecule has 1 rings (SSSR count). The lowest BCUT2D eigenvalue weighted by Gasteiger charge is -2.23. The lowest BCUT2D eigenvalue weighted by Crippen LogP contribution is -2.42. The Labute approximate surface area is 113 Å². The predicted molar refractivity (Wildman–Crippen MR) is 71.8 cm³/mol. The highest BCUT2D eigenvalue weighted by atomic mass is 35.5. The first-order valence-corrected chi connectivity index (χ1v) is 6.45. The minimum Gasteiger partial charge on any atom is -0.347 e. The minimum absolute atomic E-state index is 0.0539. The second-order valence-corrected chi connectivity index (χ2v) is 4.47. The first kappa shape index (κ1) is 14.9. The first-order valence-electron chi connectivity index (χ1n) is 6.07. The van der Waals surface area contributed by atoms with Gasteiger partial charge in [-0.1, -0.05) is 25.4 Å². The third-order valence-electron chi connectivity index (χ3n) is 2.64. The van der Waals surface area contributed by atoms with Gasteiger partial charge in [0.2, 0.25) is 0 Å². The number of hydrogen-bond acceptors (Lipinski definition) is 4. The van der Waals surface area contributed by atoms with E-state index in [-0.39, 0.29) is 22.8 Å². The van der Waals surface area contributed by atoms with E-state index in [1.54, 1.807) is 0 Å². The van der Waals surface area contributed by atoms with Crippen LogP contribution >= 0.6 is 11.6 Å². The van der Waals surface area contributed by atoms with Crippen LogP contribution in [-0.2, 0) is 0 Å². The highest BCUT2D eigenvalue weighted by Crippen LogP contribution is 2.02. The van der Waals surface area contributed by atoms with E-state index in [4.69, 9.17) is 11.6 Å². The number of hydrogen-bond donors (Lipinski definition) is 1. The number of amides is 1. The van der Waals surface area contributed by atoms with Crippen molar-refractivity contribution in [2.24, 2.45) is 0 Å². The molecule has 18 heavy (non-hydrogen) atoms. The molecule has 1 unspecified atom stereocenters. The summed E-state index contributed by atoms with van der Waals surface area (Å²) in [5.74, 6) is -0.246. The monoisotopic (exact) mass is 270 g/mol. The van der Waals surface area contributed by atoms with Crippen molar-refractivity contribution in [3.63, 3.8) is 0 Å². The highest BCUT2D eigenvalue weighted by Gasteiger charge is 2.13. The lowest BCUT2D eigenvalue weighted by atomic mass is 10.3. The molecule has 1 N–H and O–H groups in total. The van der Waals surface area contributed by atoms with Crippen LogP contribution in [0.2, 0.25) is 5.15 Å². The maximum atomic E-state index is 11.9. The van der Waals surface area contributed by atoms with Crippen LogP contribution in [0.5, 0.6) is 0 Å². The summed E-state index contributed by atoms with van der Waals surface area (Å²) in [5, 5.41) is 3.10. The van der Waals surface area contributed by atoms with Crippen molar-refractivity contribution in [1.29, 1.82) is 0 Å². The van der Waals surface area contributed by atoms with E-state index >= 15 is 0 Å². The molecule has 1 heterocycles. The second-order valence-electron chi connectivity index (χ2n) is 4.09. The van der Waals surface area contributed by atoms with Crippen molar-refractivity contribution in [2.45, 2.75) is 26.8 Å². The Bertz CT molecular complexity index is 395. The van der Waals surface area contributed by atoms with Crippen LogP contribution in [0.4, 0.5) is 0 Å². The standard InChI is InChI=1S/C12H19ClN4O/c1-4-17(5-2)8-9(3)15-12(18)10-6-14-7-11(13)16-10/h6-7,9H,4-5,8H2,1-3H3,(H,15,18). The van der Waals surface area contributed by atoms with E-state index in [9.17, 15) is 4.79 Å². The van der Waals surface area contributed by atoms with E-state index in [0.717, 1.165) is 19.6 Å². The summed E-state index contributed by atoms with van der Waals surface area (Å²) in [6.45, 7) is 8.91. The van der Waals surface area contributed by atoms with E-state index in [1.807, 2.05) is 6.92 Å². The van der Waals surface area contributed by atoms with Gasteiger partial charge < -0.3 is 10.2 Å². The molecular weight excluding hydrogens is 252 g/mol. The number of nitrogens with zero attached hydrogens (tertiary/aromatic N) is 3. The highest BCUT2D eigenvalue weighted by molar-refractivity contribution is 6.29. The molecule has 0 aliphatic rings. The van der Waals surface area contributed by atoms with Crippen molar-refractivity contribution in [3.05, 3.63) is 23.2 Å². The largest absolute Gasteiger partial charge is 0.347 e. The summed E-state index contributed by atoms with van der Waals surface area (Å²) in [5.41, 5.74) is 0.244. The average molecular weight is 271 g/mol. The van der Waals surface area contributed by atoms with Gasteiger partial charge in [-0.3, -0.25) is 9.78 Å². The summed E-state index contributed by atoms with van der Waals surface area (Å²) in [7, 11) is 0. The van der Waals surface area contributed by atoms with Crippen LogP contribution in [0.25, 0.3) is 0 Å². The number of likely N-dealkylation sites (N-methyl/N-ethyl adjacent to an activating group) is 1. The molecule has 0 radical (unpaired) electrons. The molecule has 5 nitrogen and oxygen atoms in total. The third kappa shape index (κ3) is 4.58. The van der Waals surface area contributed by atoms with E-state index in [2.05, 4.69) is 34.0 Å². The lowest BCUT2D eigenvalue weighted by molar-refractivity contribution is 0.0925. The molecule has 0 aromatic carbocycles. The molecule has 0 saturated heterocycles. The molecule has 0 fully saturated rings.